The van der Waals surface area contributed by atoms with Crippen LogP contribution in [0.1, 0.15) is 31.0 Å². The highest BCUT2D eigenvalue weighted by Crippen LogP contribution is 2.08. The molecular formula is C9H13NO. The van der Waals surface area contributed by atoms with Crippen LogP contribution in [-0.4, -0.2) is 4.98 Å². The lowest BCUT2D eigenvalue weighted by Gasteiger charge is -2.03. The van der Waals surface area contributed by atoms with Crippen LogP contribution in [0.2, 0.25) is 0 Å². The van der Waals surface area contributed by atoms with Crippen LogP contribution in [0.15, 0.2) is 16.9 Å². The lowest BCUT2D eigenvalue weighted by atomic mass is 10.1. The van der Waals surface area contributed by atoms with Crippen LogP contribution in [-0.2, 0) is 0 Å². The maximum Gasteiger partial charge on any atom is 0.251 e. The van der Waals surface area contributed by atoms with Crippen LogP contribution in [0.5, 0.6) is 0 Å². The first-order valence-electron chi connectivity index (χ1n) is 3.81. The predicted octanol–water partition coefficient (Wildman–Crippen LogP) is 1.81. The Morgan fingerprint density at radius 2 is 2.00 bits per heavy atom. The minimum atomic E-state index is 0.0243. The lowest BCUT2D eigenvalue weighted by Crippen LogP contribution is -2.11. The molecule has 0 amide bonds. The molecule has 2 nitrogen and oxygen atoms in total. The molecule has 2 heteroatoms. The Labute approximate surface area is 66.3 Å². The van der Waals surface area contributed by atoms with Crippen molar-refractivity contribution in [1.82, 2.24) is 4.98 Å². The van der Waals surface area contributed by atoms with Gasteiger partial charge in [-0.1, -0.05) is 19.9 Å². The Bertz CT molecular complexity index is 299. The third-order valence-corrected chi connectivity index (χ3v) is 1.75. The van der Waals surface area contributed by atoms with Gasteiger partial charge < -0.3 is 4.98 Å². The van der Waals surface area contributed by atoms with Gasteiger partial charge in [0.15, 0.2) is 0 Å². The molecule has 0 saturated carbocycles. The van der Waals surface area contributed by atoms with Crippen molar-refractivity contribution in [3.05, 3.63) is 33.7 Å². The Morgan fingerprint density at radius 3 is 2.45 bits per heavy atom. The van der Waals surface area contributed by atoms with Crippen molar-refractivity contribution >= 4 is 0 Å². The Kier molecular flexibility index (Phi) is 2.13. The first kappa shape index (κ1) is 8.05. The van der Waals surface area contributed by atoms with E-state index in [0.29, 0.717) is 5.92 Å². The number of hydrogen-bond acceptors (Lipinski definition) is 1. The van der Waals surface area contributed by atoms with Gasteiger partial charge in [0.05, 0.1) is 0 Å². The average molecular weight is 151 g/mol. The SMILES string of the molecule is Cc1ccc(C(C)C)[nH]c1=O. The average Bonchev–Trinajstić information content (AvgIpc) is 1.94. The monoisotopic (exact) mass is 151 g/mol. The molecule has 0 radical (unpaired) electrons. The fourth-order valence-electron chi connectivity index (χ4n) is 0.899. The second-order valence-corrected chi connectivity index (χ2v) is 3.08. The third kappa shape index (κ3) is 1.70. The van der Waals surface area contributed by atoms with Gasteiger partial charge in [0.25, 0.3) is 5.56 Å². The number of H-pyrrole nitrogens is 1. The number of pyridine rings is 1. The molecule has 0 spiro atoms. The second kappa shape index (κ2) is 2.91. The zero-order chi connectivity index (χ0) is 8.43. The van der Waals surface area contributed by atoms with Gasteiger partial charge in [0.2, 0.25) is 0 Å². The minimum Gasteiger partial charge on any atom is -0.326 e. The Balaban J connectivity index is 3.16. The molecule has 0 atom stereocenters. The molecule has 0 aliphatic carbocycles. The number of hydrogen-bond donors (Lipinski definition) is 1. The quantitative estimate of drug-likeness (QED) is 0.652. The minimum absolute atomic E-state index is 0.0243. The molecule has 0 bridgehead atoms. The van der Waals surface area contributed by atoms with Crippen molar-refractivity contribution in [2.24, 2.45) is 0 Å². The molecular weight excluding hydrogens is 138 g/mol. The highest BCUT2D eigenvalue weighted by molar-refractivity contribution is 5.14. The van der Waals surface area contributed by atoms with Crippen LogP contribution in [0.4, 0.5) is 0 Å². The summed E-state index contributed by atoms with van der Waals surface area (Å²) in [5.41, 5.74) is 1.80. The molecule has 1 N–H and O–H groups in total. The van der Waals surface area contributed by atoms with E-state index in [4.69, 9.17) is 0 Å². The fraction of sp³-hybridized carbons (Fsp3) is 0.444. The molecule has 1 aromatic heterocycles. The van der Waals surface area contributed by atoms with Gasteiger partial charge >= 0.3 is 0 Å². The molecule has 1 aromatic rings. The summed E-state index contributed by atoms with van der Waals surface area (Å²) in [4.78, 5) is 13.9. The third-order valence-electron chi connectivity index (χ3n) is 1.75. The molecule has 0 aromatic carbocycles. The first-order valence-corrected chi connectivity index (χ1v) is 3.81. The maximum atomic E-state index is 11.1. The maximum absolute atomic E-state index is 11.1. The van der Waals surface area contributed by atoms with E-state index in [0.717, 1.165) is 11.3 Å². The molecule has 0 saturated heterocycles. The summed E-state index contributed by atoms with van der Waals surface area (Å²) < 4.78 is 0. The van der Waals surface area contributed by atoms with Gasteiger partial charge in [-0.05, 0) is 18.9 Å². The van der Waals surface area contributed by atoms with Crippen LogP contribution in [0.25, 0.3) is 0 Å². The highest BCUT2D eigenvalue weighted by atomic mass is 16.1. The van der Waals surface area contributed by atoms with Gasteiger partial charge in [0, 0.05) is 11.3 Å². The lowest BCUT2D eigenvalue weighted by molar-refractivity contribution is 0.813. The van der Waals surface area contributed by atoms with Gasteiger partial charge in [-0.25, -0.2) is 0 Å². The van der Waals surface area contributed by atoms with Gasteiger partial charge in [-0.2, -0.15) is 0 Å². The topological polar surface area (TPSA) is 32.9 Å². The zero-order valence-electron chi connectivity index (χ0n) is 7.14. The molecule has 1 rings (SSSR count). The van der Waals surface area contributed by atoms with Gasteiger partial charge in [-0.3, -0.25) is 4.79 Å². The molecule has 1 heterocycles. The number of rotatable bonds is 1. The van der Waals surface area contributed by atoms with Gasteiger partial charge in [0.1, 0.15) is 0 Å². The van der Waals surface area contributed by atoms with Crippen molar-refractivity contribution in [1.29, 1.82) is 0 Å². The van der Waals surface area contributed by atoms with E-state index >= 15 is 0 Å². The second-order valence-electron chi connectivity index (χ2n) is 3.08. The van der Waals surface area contributed by atoms with Crippen LogP contribution >= 0.6 is 0 Å². The van der Waals surface area contributed by atoms with E-state index < -0.39 is 0 Å². The predicted molar refractivity (Wildman–Crippen MR) is 45.9 cm³/mol. The summed E-state index contributed by atoms with van der Waals surface area (Å²) in [6.45, 7) is 5.92. The van der Waals surface area contributed by atoms with Crippen molar-refractivity contribution in [3.63, 3.8) is 0 Å². The van der Waals surface area contributed by atoms with Crippen molar-refractivity contribution in [2.45, 2.75) is 26.7 Å². The normalized spacial score (nSPS) is 10.5. The first-order chi connectivity index (χ1) is 5.11. The molecule has 0 unspecified atom stereocenters. The van der Waals surface area contributed by atoms with E-state index in [1.54, 1.807) is 0 Å². The van der Waals surface area contributed by atoms with Crippen LogP contribution < -0.4 is 5.56 Å². The van der Waals surface area contributed by atoms with E-state index in [1.807, 2.05) is 19.1 Å². The van der Waals surface area contributed by atoms with Gasteiger partial charge in [-0.15, -0.1) is 0 Å². The summed E-state index contributed by atoms with van der Waals surface area (Å²) in [5.74, 6) is 0.392. The molecule has 0 aliphatic heterocycles. The van der Waals surface area contributed by atoms with Crippen molar-refractivity contribution in [2.75, 3.05) is 0 Å². The number of aromatic nitrogens is 1. The van der Waals surface area contributed by atoms with E-state index in [1.165, 1.54) is 0 Å². The summed E-state index contributed by atoms with van der Waals surface area (Å²) >= 11 is 0. The number of aromatic amines is 1. The molecule has 60 valence electrons. The number of aryl methyl sites for hydroxylation is 1. The fourth-order valence-corrected chi connectivity index (χ4v) is 0.899. The standard InChI is InChI=1S/C9H13NO/c1-6(2)8-5-4-7(3)9(11)10-8/h4-6H,1-3H3,(H,10,11). The molecule has 0 fully saturated rings. The highest BCUT2D eigenvalue weighted by Gasteiger charge is 1.99. The zero-order valence-corrected chi connectivity index (χ0v) is 7.14. The smallest absolute Gasteiger partial charge is 0.251 e. The van der Waals surface area contributed by atoms with E-state index in [9.17, 15) is 4.79 Å². The summed E-state index contributed by atoms with van der Waals surface area (Å²) in [7, 11) is 0. The number of nitrogens with one attached hydrogen (secondary N) is 1. The Morgan fingerprint density at radius 1 is 1.36 bits per heavy atom. The largest absolute Gasteiger partial charge is 0.326 e. The van der Waals surface area contributed by atoms with Crippen LogP contribution in [0, 0.1) is 6.92 Å². The molecule has 0 aliphatic rings. The van der Waals surface area contributed by atoms with Crippen LogP contribution in [0.3, 0.4) is 0 Å². The summed E-state index contributed by atoms with van der Waals surface area (Å²) in [5, 5.41) is 0. The van der Waals surface area contributed by atoms with E-state index in [-0.39, 0.29) is 5.56 Å². The van der Waals surface area contributed by atoms with Crippen molar-refractivity contribution in [3.8, 4) is 0 Å². The Hall–Kier alpha value is -1.05. The summed E-state index contributed by atoms with van der Waals surface area (Å²) in [6.07, 6.45) is 0. The van der Waals surface area contributed by atoms with E-state index in [2.05, 4.69) is 18.8 Å². The molecule has 11 heavy (non-hydrogen) atoms. The van der Waals surface area contributed by atoms with Crippen molar-refractivity contribution < 1.29 is 0 Å². The summed E-state index contributed by atoms with van der Waals surface area (Å²) in [6, 6.07) is 3.82.